The van der Waals surface area contributed by atoms with Crippen molar-refractivity contribution in [1.82, 2.24) is 15.2 Å². The van der Waals surface area contributed by atoms with Gasteiger partial charge in [0.2, 0.25) is 0 Å². The van der Waals surface area contributed by atoms with Crippen LogP contribution >= 0.6 is 15.9 Å². The number of ether oxygens (including phenoxy) is 1. The van der Waals surface area contributed by atoms with Crippen molar-refractivity contribution in [2.75, 3.05) is 6.61 Å². The quantitative estimate of drug-likeness (QED) is 0.494. The predicted octanol–water partition coefficient (Wildman–Crippen LogP) is 3.80. The number of halogens is 1. The average molecular weight is 413 g/mol. The van der Waals surface area contributed by atoms with E-state index >= 15 is 0 Å². The number of hydrogen-bond acceptors (Lipinski definition) is 4. The lowest BCUT2D eigenvalue weighted by Crippen LogP contribution is -2.16. The van der Waals surface area contributed by atoms with Crippen molar-refractivity contribution in [3.8, 4) is 11.4 Å². The molecule has 3 aromatic rings. The highest BCUT2D eigenvalue weighted by atomic mass is 79.9. The van der Waals surface area contributed by atoms with Gasteiger partial charge in [-0.1, -0.05) is 15.9 Å². The van der Waals surface area contributed by atoms with Crippen LogP contribution < -0.4 is 10.2 Å². The number of carbonyl (C=O) groups excluding carboxylic acids is 1. The van der Waals surface area contributed by atoms with Crippen LogP contribution in [0.3, 0.4) is 0 Å². The van der Waals surface area contributed by atoms with Crippen LogP contribution in [0.15, 0.2) is 70.5 Å². The van der Waals surface area contributed by atoms with Gasteiger partial charge in [-0.2, -0.15) is 10.2 Å². The number of nitrogens with zero attached hydrogens (tertiary/aromatic N) is 3. The van der Waals surface area contributed by atoms with E-state index in [9.17, 15) is 4.79 Å². The van der Waals surface area contributed by atoms with Gasteiger partial charge in [0.05, 0.1) is 30.3 Å². The van der Waals surface area contributed by atoms with Crippen molar-refractivity contribution >= 4 is 28.1 Å². The Kier molecular flexibility index (Phi) is 5.80. The summed E-state index contributed by atoms with van der Waals surface area (Å²) in [4.78, 5) is 12.2. The van der Waals surface area contributed by atoms with Gasteiger partial charge < -0.3 is 4.74 Å². The minimum Gasteiger partial charge on any atom is -0.494 e. The maximum absolute atomic E-state index is 12.2. The Morgan fingerprint density at radius 2 is 1.96 bits per heavy atom. The first-order chi connectivity index (χ1) is 12.7. The van der Waals surface area contributed by atoms with Crippen molar-refractivity contribution < 1.29 is 9.53 Å². The summed E-state index contributed by atoms with van der Waals surface area (Å²) < 4.78 is 8.00. The van der Waals surface area contributed by atoms with E-state index in [2.05, 4.69) is 31.6 Å². The second-order valence-electron chi connectivity index (χ2n) is 5.35. The lowest BCUT2D eigenvalue weighted by molar-refractivity contribution is 0.0955. The minimum absolute atomic E-state index is 0.324. The van der Waals surface area contributed by atoms with E-state index in [-0.39, 0.29) is 5.91 Å². The van der Waals surface area contributed by atoms with E-state index in [1.54, 1.807) is 17.1 Å². The van der Waals surface area contributed by atoms with Crippen molar-refractivity contribution in [1.29, 1.82) is 0 Å². The van der Waals surface area contributed by atoms with Gasteiger partial charge in [-0.3, -0.25) is 4.79 Å². The molecule has 2 aromatic carbocycles. The fraction of sp³-hybridized carbons (Fsp3) is 0.105. The second-order valence-corrected chi connectivity index (χ2v) is 6.27. The average Bonchev–Trinajstić information content (AvgIpc) is 3.14. The highest BCUT2D eigenvalue weighted by molar-refractivity contribution is 9.10. The highest BCUT2D eigenvalue weighted by Crippen LogP contribution is 2.14. The van der Waals surface area contributed by atoms with Crippen molar-refractivity contribution in [2.24, 2.45) is 5.10 Å². The van der Waals surface area contributed by atoms with Crippen LogP contribution in [0.2, 0.25) is 0 Å². The number of amides is 1. The Morgan fingerprint density at radius 3 is 2.65 bits per heavy atom. The summed E-state index contributed by atoms with van der Waals surface area (Å²) in [5.74, 6) is 0.476. The summed E-state index contributed by atoms with van der Waals surface area (Å²) in [5.41, 5.74) is 4.65. The molecule has 3 rings (SSSR count). The van der Waals surface area contributed by atoms with Gasteiger partial charge in [0, 0.05) is 10.7 Å². The number of hydrazone groups is 1. The Bertz CT molecular complexity index is 902. The molecule has 0 saturated carbocycles. The molecule has 0 bridgehead atoms. The highest BCUT2D eigenvalue weighted by Gasteiger charge is 2.08. The van der Waals surface area contributed by atoms with E-state index in [1.807, 2.05) is 55.5 Å². The molecule has 0 aliphatic rings. The molecule has 0 atom stereocenters. The molecule has 1 aromatic heterocycles. The summed E-state index contributed by atoms with van der Waals surface area (Å²) in [6.45, 7) is 2.56. The van der Waals surface area contributed by atoms with E-state index in [0.717, 1.165) is 21.5 Å². The molecule has 7 heteroatoms. The first-order valence-electron chi connectivity index (χ1n) is 8.02. The maximum atomic E-state index is 12.2. The first-order valence-corrected chi connectivity index (χ1v) is 8.82. The smallest absolute Gasteiger partial charge is 0.274 e. The molecule has 0 spiro atoms. The zero-order valence-corrected chi connectivity index (χ0v) is 15.7. The number of aromatic nitrogens is 2. The standard InChI is InChI=1S/C19H17BrN4O2/c1-2-26-18-9-3-14(4-10-18)11-21-23-19(25)15-12-22-24(13-15)17-7-5-16(20)6-8-17/h3-13H,2H2,1H3,(H,23,25)/b21-11-. The predicted molar refractivity (Wildman–Crippen MR) is 104 cm³/mol. The maximum Gasteiger partial charge on any atom is 0.274 e. The Balaban J connectivity index is 1.60. The molecule has 26 heavy (non-hydrogen) atoms. The molecule has 0 saturated heterocycles. The van der Waals surface area contributed by atoms with Gasteiger partial charge in [-0.05, 0) is 61.0 Å². The molecular formula is C19H17BrN4O2. The van der Waals surface area contributed by atoms with Crippen LogP contribution in [0, 0.1) is 0 Å². The second kappa shape index (κ2) is 8.44. The molecule has 0 aliphatic carbocycles. The van der Waals surface area contributed by atoms with Crippen molar-refractivity contribution in [3.63, 3.8) is 0 Å². The van der Waals surface area contributed by atoms with Crippen LogP contribution in [0.1, 0.15) is 22.8 Å². The fourth-order valence-corrected chi connectivity index (χ4v) is 2.49. The Morgan fingerprint density at radius 1 is 1.23 bits per heavy atom. The molecule has 132 valence electrons. The normalized spacial score (nSPS) is 10.8. The van der Waals surface area contributed by atoms with Crippen LogP contribution in [0.5, 0.6) is 5.75 Å². The van der Waals surface area contributed by atoms with Gasteiger partial charge in [-0.15, -0.1) is 0 Å². The number of benzene rings is 2. The number of nitrogens with one attached hydrogen (secondary N) is 1. The molecule has 0 unspecified atom stereocenters. The summed E-state index contributed by atoms with van der Waals surface area (Å²) in [7, 11) is 0. The third-order valence-corrected chi connectivity index (χ3v) is 4.04. The molecular weight excluding hydrogens is 396 g/mol. The first kappa shape index (κ1) is 17.9. The van der Waals surface area contributed by atoms with E-state index in [4.69, 9.17) is 4.74 Å². The SMILES string of the molecule is CCOc1ccc(/C=N\NC(=O)c2cnn(-c3ccc(Br)cc3)c2)cc1. The van der Waals surface area contributed by atoms with Crippen LogP contribution in [0.4, 0.5) is 0 Å². The monoisotopic (exact) mass is 412 g/mol. The largest absolute Gasteiger partial charge is 0.494 e. The topological polar surface area (TPSA) is 68.5 Å². The van der Waals surface area contributed by atoms with Gasteiger partial charge in [0.15, 0.2) is 0 Å². The summed E-state index contributed by atoms with van der Waals surface area (Å²) in [5, 5.41) is 8.18. The van der Waals surface area contributed by atoms with Crippen molar-refractivity contribution in [2.45, 2.75) is 6.92 Å². The number of hydrogen-bond donors (Lipinski definition) is 1. The fourth-order valence-electron chi connectivity index (χ4n) is 2.22. The van der Waals surface area contributed by atoms with Crippen molar-refractivity contribution in [3.05, 3.63) is 76.5 Å². The number of carbonyl (C=O) groups is 1. The van der Waals surface area contributed by atoms with E-state index in [0.29, 0.717) is 12.2 Å². The van der Waals surface area contributed by atoms with Gasteiger partial charge in [-0.25, -0.2) is 10.1 Å². The zero-order valence-electron chi connectivity index (χ0n) is 14.1. The van der Waals surface area contributed by atoms with Crippen LogP contribution in [-0.2, 0) is 0 Å². The van der Waals surface area contributed by atoms with Gasteiger partial charge in [0.1, 0.15) is 5.75 Å². The summed E-state index contributed by atoms with van der Waals surface area (Å²) in [6.07, 6.45) is 4.74. The van der Waals surface area contributed by atoms with Crippen LogP contribution in [-0.4, -0.2) is 28.5 Å². The van der Waals surface area contributed by atoms with Gasteiger partial charge in [0.25, 0.3) is 5.91 Å². The molecule has 1 N–H and O–H groups in total. The lowest BCUT2D eigenvalue weighted by atomic mass is 10.2. The Hall–Kier alpha value is -2.93. The zero-order chi connectivity index (χ0) is 18.4. The van der Waals surface area contributed by atoms with Crippen LogP contribution in [0.25, 0.3) is 5.69 Å². The summed E-state index contributed by atoms with van der Waals surface area (Å²) >= 11 is 3.39. The lowest BCUT2D eigenvalue weighted by Gasteiger charge is -2.02. The molecule has 6 nitrogen and oxygen atoms in total. The third-order valence-electron chi connectivity index (χ3n) is 3.51. The van der Waals surface area contributed by atoms with E-state index in [1.165, 1.54) is 6.20 Å². The molecule has 1 heterocycles. The minimum atomic E-state index is -0.324. The molecule has 0 aliphatic heterocycles. The molecule has 1 amide bonds. The summed E-state index contributed by atoms with van der Waals surface area (Å²) in [6, 6.07) is 15.1. The van der Waals surface area contributed by atoms with E-state index < -0.39 is 0 Å². The Labute approximate surface area is 159 Å². The molecule has 0 radical (unpaired) electrons. The third kappa shape index (κ3) is 4.58. The molecule has 0 fully saturated rings. The van der Waals surface area contributed by atoms with Gasteiger partial charge >= 0.3 is 0 Å². The number of rotatable bonds is 6.